The smallest absolute Gasteiger partial charge is 0.294 e. The Balaban J connectivity index is 1.41. The lowest BCUT2D eigenvalue weighted by Gasteiger charge is -2.15. The number of anilines is 2. The van der Waals surface area contributed by atoms with Crippen molar-refractivity contribution in [1.29, 1.82) is 0 Å². The highest BCUT2D eigenvalue weighted by atomic mass is 32.2. The molecule has 3 aromatic carbocycles. The molecule has 2 N–H and O–H groups in total. The van der Waals surface area contributed by atoms with E-state index >= 15 is 0 Å². The predicted molar refractivity (Wildman–Crippen MR) is 169 cm³/mol. The van der Waals surface area contributed by atoms with Gasteiger partial charge in [-0.25, -0.2) is 0 Å². The predicted octanol–water partition coefficient (Wildman–Crippen LogP) is 6.52. The molecule has 1 fully saturated rings. The van der Waals surface area contributed by atoms with Crippen molar-refractivity contribution in [2.24, 2.45) is 0 Å². The van der Waals surface area contributed by atoms with E-state index in [1.165, 1.54) is 0 Å². The number of nitrogens with zero attached hydrogens (tertiary/aromatic N) is 1. The molecule has 1 aliphatic heterocycles. The van der Waals surface area contributed by atoms with Gasteiger partial charge in [-0.15, -0.1) is 0 Å². The summed E-state index contributed by atoms with van der Waals surface area (Å²) < 4.78 is 11.5. The van der Waals surface area contributed by atoms with E-state index in [0.717, 1.165) is 39.0 Å². The number of hydrogen-bond acceptors (Lipinski definition) is 7. The number of carbonyl (C=O) groups excluding carboxylic acids is 4. The number of hydrogen-bond donors (Lipinski definition) is 2. The maximum absolute atomic E-state index is 13.0. The van der Waals surface area contributed by atoms with Gasteiger partial charge < -0.3 is 20.1 Å². The molecule has 0 atom stereocenters. The lowest BCUT2D eigenvalue weighted by molar-refractivity contribution is -0.127. The van der Waals surface area contributed by atoms with Crippen LogP contribution in [0.4, 0.5) is 16.2 Å². The number of nitrogens with one attached hydrogen (secondary N) is 2. The monoisotopic (exact) mass is 601 g/mol. The Morgan fingerprint density at radius 1 is 0.907 bits per heavy atom. The van der Waals surface area contributed by atoms with E-state index in [0.29, 0.717) is 29.4 Å². The summed E-state index contributed by atoms with van der Waals surface area (Å²) in [5.41, 5.74) is 4.94. The number of thioether (sulfide) groups is 1. The SMILES string of the molecule is CCOc1cc(/C=C2/SC(=O)N(CC(=O)Nc3ccc(C)cc3C)C2=O)ccc1OCC(=O)Nc1ccccc1C(C)C. The van der Waals surface area contributed by atoms with Crippen LogP contribution in [-0.2, 0) is 14.4 Å². The molecule has 4 rings (SSSR count). The van der Waals surface area contributed by atoms with Crippen LogP contribution in [0.15, 0.2) is 65.6 Å². The topological polar surface area (TPSA) is 114 Å². The molecule has 0 aliphatic carbocycles. The Morgan fingerprint density at radius 3 is 2.37 bits per heavy atom. The molecule has 0 bridgehead atoms. The van der Waals surface area contributed by atoms with E-state index in [4.69, 9.17) is 9.47 Å². The van der Waals surface area contributed by atoms with Gasteiger partial charge in [-0.3, -0.25) is 24.1 Å². The van der Waals surface area contributed by atoms with E-state index in [1.54, 1.807) is 30.3 Å². The minimum Gasteiger partial charge on any atom is -0.490 e. The van der Waals surface area contributed by atoms with Crippen LogP contribution >= 0.6 is 11.8 Å². The maximum atomic E-state index is 13.0. The maximum Gasteiger partial charge on any atom is 0.294 e. The second-order valence-corrected chi connectivity index (χ2v) is 11.3. The zero-order chi connectivity index (χ0) is 31.1. The highest BCUT2D eigenvalue weighted by molar-refractivity contribution is 8.18. The summed E-state index contributed by atoms with van der Waals surface area (Å²) in [6.45, 7) is 9.49. The van der Waals surface area contributed by atoms with Gasteiger partial charge in [0.15, 0.2) is 18.1 Å². The van der Waals surface area contributed by atoms with Crippen molar-refractivity contribution in [3.8, 4) is 11.5 Å². The average molecular weight is 602 g/mol. The largest absolute Gasteiger partial charge is 0.490 e. The van der Waals surface area contributed by atoms with Gasteiger partial charge in [0.25, 0.3) is 17.1 Å². The normalized spacial score (nSPS) is 13.9. The lowest BCUT2D eigenvalue weighted by atomic mass is 10.0. The average Bonchev–Trinajstić information content (AvgIpc) is 3.21. The van der Waals surface area contributed by atoms with Crippen molar-refractivity contribution in [2.75, 3.05) is 30.4 Å². The van der Waals surface area contributed by atoms with Gasteiger partial charge in [0, 0.05) is 11.4 Å². The Hall–Kier alpha value is -4.57. The molecule has 3 aromatic rings. The summed E-state index contributed by atoms with van der Waals surface area (Å²) in [7, 11) is 0. The van der Waals surface area contributed by atoms with E-state index in [-0.39, 0.29) is 23.3 Å². The van der Waals surface area contributed by atoms with Gasteiger partial charge in [-0.1, -0.05) is 55.8 Å². The minimum atomic E-state index is -0.553. The van der Waals surface area contributed by atoms with Gasteiger partial charge in [0.1, 0.15) is 6.54 Å². The van der Waals surface area contributed by atoms with Crippen LogP contribution in [0.2, 0.25) is 0 Å². The first-order valence-corrected chi connectivity index (χ1v) is 14.8. The Bertz CT molecular complexity index is 1580. The van der Waals surface area contributed by atoms with Crippen molar-refractivity contribution in [3.05, 3.63) is 87.8 Å². The van der Waals surface area contributed by atoms with Gasteiger partial charge >= 0.3 is 0 Å². The number of aryl methyl sites for hydroxylation is 2. The Morgan fingerprint density at radius 2 is 1.65 bits per heavy atom. The molecule has 0 saturated carbocycles. The highest BCUT2D eigenvalue weighted by Gasteiger charge is 2.36. The van der Waals surface area contributed by atoms with Crippen molar-refractivity contribution >= 4 is 52.2 Å². The summed E-state index contributed by atoms with van der Waals surface area (Å²) >= 11 is 0.765. The second kappa shape index (κ2) is 14.1. The third-order valence-electron chi connectivity index (χ3n) is 6.61. The Labute approximate surface area is 255 Å². The van der Waals surface area contributed by atoms with Crippen molar-refractivity contribution in [1.82, 2.24) is 4.90 Å². The summed E-state index contributed by atoms with van der Waals surface area (Å²) in [6.07, 6.45) is 1.56. The molecule has 0 spiro atoms. The molecular weight excluding hydrogens is 566 g/mol. The van der Waals surface area contributed by atoms with Crippen LogP contribution < -0.4 is 20.1 Å². The highest BCUT2D eigenvalue weighted by Crippen LogP contribution is 2.35. The van der Waals surface area contributed by atoms with Crippen LogP contribution in [0.25, 0.3) is 6.08 Å². The molecule has 43 heavy (non-hydrogen) atoms. The molecule has 0 unspecified atom stereocenters. The molecular formula is C33H35N3O6S. The number of carbonyl (C=O) groups is 4. The first-order valence-electron chi connectivity index (χ1n) is 14.0. The number of ether oxygens (including phenoxy) is 2. The molecule has 0 aromatic heterocycles. The van der Waals surface area contributed by atoms with E-state index < -0.39 is 23.6 Å². The quantitative estimate of drug-likeness (QED) is 0.241. The number of amides is 4. The van der Waals surface area contributed by atoms with Gasteiger partial charge in [0.05, 0.1) is 11.5 Å². The van der Waals surface area contributed by atoms with Crippen LogP contribution in [0, 0.1) is 13.8 Å². The summed E-state index contributed by atoms with van der Waals surface area (Å²) in [4.78, 5) is 52.0. The zero-order valence-electron chi connectivity index (χ0n) is 24.9. The van der Waals surface area contributed by atoms with E-state index in [9.17, 15) is 19.2 Å². The van der Waals surface area contributed by atoms with Gasteiger partial charge in [-0.05, 0) is 85.5 Å². The lowest BCUT2D eigenvalue weighted by Crippen LogP contribution is -2.36. The summed E-state index contributed by atoms with van der Waals surface area (Å²) in [5.74, 6) is -0.332. The third kappa shape index (κ3) is 8.04. The van der Waals surface area contributed by atoms with Crippen LogP contribution in [0.1, 0.15) is 48.9 Å². The summed E-state index contributed by atoms with van der Waals surface area (Å²) in [5, 5.41) is 5.14. The molecule has 4 amide bonds. The van der Waals surface area contributed by atoms with Crippen molar-refractivity contribution in [2.45, 2.75) is 40.5 Å². The zero-order valence-corrected chi connectivity index (χ0v) is 25.7. The second-order valence-electron chi connectivity index (χ2n) is 10.4. The summed E-state index contributed by atoms with van der Waals surface area (Å²) in [6, 6.07) is 18.2. The number of imide groups is 1. The van der Waals surface area contributed by atoms with Crippen molar-refractivity contribution < 1.29 is 28.7 Å². The fraction of sp³-hybridized carbons (Fsp3) is 0.273. The van der Waals surface area contributed by atoms with Crippen molar-refractivity contribution in [3.63, 3.8) is 0 Å². The van der Waals surface area contributed by atoms with Crippen LogP contribution in [-0.4, -0.2) is 47.6 Å². The molecule has 1 aliphatic rings. The van der Waals surface area contributed by atoms with E-state index in [2.05, 4.69) is 24.5 Å². The fourth-order valence-electron chi connectivity index (χ4n) is 4.52. The Kier molecular flexibility index (Phi) is 10.3. The number of rotatable bonds is 11. The molecule has 10 heteroatoms. The standard InChI is InChI=1S/C33H35N3O6S/c1-6-41-28-16-23(12-14-27(28)42-19-31(38)35-26-10-8-7-9-24(26)20(2)3)17-29-32(39)36(33(40)43-29)18-30(37)34-25-13-11-21(4)15-22(25)5/h7-17,20H,6,18-19H2,1-5H3,(H,34,37)(H,35,38)/b29-17+. The van der Waals surface area contributed by atoms with E-state index in [1.807, 2.05) is 57.2 Å². The number of para-hydroxylation sites is 1. The molecule has 1 heterocycles. The molecule has 224 valence electrons. The number of benzene rings is 3. The minimum absolute atomic E-state index is 0.184. The molecule has 9 nitrogen and oxygen atoms in total. The van der Waals surface area contributed by atoms with Gasteiger partial charge in [-0.2, -0.15) is 0 Å². The van der Waals surface area contributed by atoms with Crippen LogP contribution in [0.5, 0.6) is 11.5 Å². The first kappa shape index (κ1) is 31.4. The molecule has 1 saturated heterocycles. The fourth-order valence-corrected chi connectivity index (χ4v) is 5.36. The first-order chi connectivity index (χ1) is 20.5. The molecule has 0 radical (unpaired) electrons. The van der Waals surface area contributed by atoms with Crippen LogP contribution in [0.3, 0.4) is 0 Å². The van der Waals surface area contributed by atoms with Gasteiger partial charge in [0.2, 0.25) is 5.91 Å². The third-order valence-corrected chi connectivity index (χ3v) is 7.52.